The first-order valence-electron chi connectivity index (χ1n) is 13.1. The van der Waals surface area contributed by atoms with Crippen molar-refractivity contribution in [2.45, 2.75) is 58.4 Å². The van der Waals surface area contributed by atoms with Crippen LogP contribution in [-0.2, 0) is 11.2 Å². The Bertz CT molecular complexity index is 1250. The summed E-state index contributed by atoms with van der Waals surface area (Å²) in [6, 6.07) is 18.9. The van der Waals surface area contributed by atoms with Crippen molar-refractivity contribution in [3.63, 3.8) is 0 Å². The Kier molecular flexibility index (Phi) is 8.59. The van der Waals surface area contributed by atoms with Gasteiger partial charge in [0.1, 0.15) is 5.82 Å². The van der Waals surface area contributed by atoms with Gasteiger partial charge in [-0.25, -0.2) is 9.18 Å². The van der Waals surface area contributed by atoms with Crippen molar-refractivity contribution in [3.8, 4) is 11.1 Å². The van der Waals surface area contributed by atoms with Gasteiger partial charge in [0.25, 0.3) is 0 Å². The van der Waals surface area contributed by atoms with Crippen LogP contribution in [0.15, 0.2) is 66.7 Å². The summed E-state index contributed by atoms with van der Waals surface area (Å²) in [4.78, 5) is 24.9. The van der Waals surface area contributed by atoms with Gasteiger partial charge in [0.15, 0.2) is 0 Å². The smallest absolute Gasteiger partial charge is 0.336 e. The maximum atomic E-state index is 14.2. The highest BCUT2D eigenvalue weighted by molar-refractivity contribution is 5.99. The minimum absolute atomic E-state index is 0.0989. The number of carbonyl (C=O) groups excluding carboxylic acids is 1. The fourth-order valence-electron chi connectivity index (χ4n) is 5.37. The van der Waals surface area contributed by atoms with Gasteiger partial charge in [0, 0.05) is 6.04 Å². The van der Waals surface area contributed by atoms with Gasteiger partial charge in [-0.15, -0.1) is 0 Å². The third-order valence-corrected chi connectivity index (χ3v) is 7.27. The van der Waals surface area contributed by atoms with Crippen molar-refractivity contribution in [2.24, 2.45) is 11.8 Å². The third kappa shape index (κ3) is 6.56. The van der Waals surface area contributed by atoms with Crippen LogP contribution in [0.5, 0.6) is 0 Å². The van der Waals surface area contributed by atoms with Crippen LogP contribution < -0.4 is 10.6 Å². The normalized spacial score (nSPS) is 14.8. The summed E-state index contributed by atoms with van der Waals surface area (Å²) in [5, 5.41) is 16.4. The number of anilines is 2. The molecule has 1 saturated carbocycles. The van der Waals surface area contributed by atoms with Crippen LogP contribution in [0.2, 0.25) is 0 Å². The molecule has 0 bridgehead atoms. The molecule has 0 aliphatic heterocycles. The minimum Gasteiger partial charge on any atom is -0.478 e. The van der Waals surface area contributed by atoms with Crippen LogP contribution in [0.4, 0.5) is 15.8 Å². The lowest BCUT2D eigenvalue weighted by atomic mass is 9.79. The first-order valence-corrected chi connectivity index (χ1v) is 13.1. The van der Waals surface area contributed by atoms with Crippen molar-refractivity contribution >= 4 is 23.3 Å². The molecule has 0 spiro atoms. The fourth-order valence-corrected chi connectivity index (χ4v) is 5.37. The van der Waals surface area contributed by atoms with Gasteiger partial charge in [-0.1, -0.05) is 75.6 Å². The van der Waals surface area contributed by atoms with E-state index in [9.17, 15) is 19.1 Å². The molecule has 0 aromatic heterocycles. The van der Waals surface area contributed by atoms with Gasteiger partial charge in [-0.05, 0) is 65.6 Å². The van der Waals surface area contributed by atoms with Crippen molar-refractivity contribution in [3.05, 3.63) is 83.7 Å². The zero-order valence-electron chi connectivity index (χ0n) is 21.5. The van der Waals surface area contributed by atoms with Crippen molar-refractivity contribution < 1.29 is 19.1 Å². The summed E-state index contributed by atoms with van der Waals surface area (Å²) in [7, 11) is 0. The van der Waals surface area contributed by atoms with E-state index < -0.39 is 11.8 Å². The molecule has 194 valence electrons. The van der Waals surface area contributed by atoms with Gasteiger partial charge in [-0.2, -0.15) is 0 Å². The second-order valence-corrected chi connectivity index (χ2v) is 10.2. The first kappa shape index (κ1) is 26.4. The molecule has 3 aromatic rings. The quantitative estimate of drug-likeness (QED) is 0.285. The number of hydrogen-bond acceptors (Lipinski definition) is 3. The van der Waals surface area contributed by atoms with Crippen LogP contribution in [-0.4, -0.2) is 23.0 Å². The van der Waals surface area contributed by atoms with Crippen LogP contribution in [0.3, 0.4) is 0 Å². The molecule has 1 fully saturated rings. The molecule has 1 unspecified atom stereocenters. The molecule has 5 nitrogen and oxygen atoms in total. The fraction of sp³-hybridized carbons (Fsp3) is 0.355. The number of carboxylic acids is 1. The molecule has 6 heteroatoms. The van der Waals surface area contributed by atoms with E-state index in [1.165, 1.54) is 38.2 Å². The van der Waals surface area contributed by atoms with E-state index in [-0.39, 0.29) is 23.9 Å². The van der Waals surface area contributed by atoms with Gasteiger partial charge in [-0.3, -0.25) is 4.79 Å². The Morgan fingerprint density at radius 2 is 1.65 bits per heavy atom. The highest BCUT2D eigenvalue weighted by atomic mass is 19.1. The molecule has 0 saturated heterocycles. The SMILES string of the molecule is CC(C)C(Nc1ccc(-c2ccccc2C(=O)O)cc1NC(=O)Cc1ccccc1F)C1CCCCC1. The summed E-state index contributed by atoms with van der Waals surface area (Å²) in [6.45, 7) is 4.42. The second kappa shape index (κ2) is 12.0. The lowest BCUT2D eigenvalue weighted by Crippen LogP contribution is -2.35. The van der Waals surface area contributed by atoms with Crippen LogP contribution in [0.25, 0.3) is 11.1 Å². The molecule has 1 aliphatic rings. The molecule has 1 amide bonds. The lowest BCUT2D eigenvalue weighted by Gasteiger charge is -2.35. The molecule has 37 heavy (non-hydrogen) atoms. The van der Waals surface area contributed by atoms with Crippen molar-refractivity contribution in [2.75, 3.05) is 10.6 Å². The Balaban J connectivity index is 1.68. The summed E-state index contributed by atoms with van der Waals surface area (Å²) >= 11 is 0. The standard InChI is InChI=1S/C31H35FN2O3/c1-20(2)30(21-10-4-3-5-11-21)34-27-17-16-22(24-13-7-8-14-25(24)31(36)37)18-28(27)33-29(35)19-23-12-6-9-15-26(23)32/h6-9,12-18,20-21,30,34H,3-5,10-11,19H2,1-2H3,(H,33,35)(H,36,37). The largest absolute Gasteiger partial charge is 0.478 e. The number of carbonyl (C=O) groups is 2. The van der Waals surface area contributed by atoms with Gasteiger partial charge in [0.2, 0.25) is 5.91 Å². The number of carboxylic acid groups (broad SMARTS) is 1. The summed E-state index contributed by atoms with van der Waals surface area (Å²) < 4.78 is 14.2. The topological polar surface area (TPSA) is 78.4 Å². The monoisotopic (exact) mass is 502 g/mol. The number of amides is 1. The van der Waals surface area contributed by atoms with E-state index in [2.05, 4.69) is 24.5 Å². The van der Waals surface area contributed by atoms with E-state index in [4.69, 9.17) is 0 Å². The molecule has 0 radical (unpaired) electrons. The second-order valence-electron chi connectivity index (χ2n) is 10.2. The van der Waals surface area contributed by atoms with Gasteiger partial charge >= 0.3 is 5.97 Å². The highest BCUT2D eigenvalue weighted by Crippen LogP contribution is 2.36. The Morgan fingerprint density at radius 3 is 2.35 bits per heavy atom. The lowest BCUT2D eigenvalue weighted by molar-refractivity contribution is -0.115. The number of aromatic carboxylic acids is 1. The average Bonchev–Trinajstić information content (AvgIpc) is 2.89. The number of rotatable bonds is 9. The van der Waals surface area contributed by atoms with Crippen LogP contribution in [0, 0.1) is 17.7 Å². The number of halogens is 1. The Labute approximate surface area is 218 Å². The van der Waals surface area contributed by atoms with Crippen molar-refractivity contribution in [1.82, 2.24) is 0 Å². The maximum absolute atomic E-state index is 14.2. The zero-order chi connectivity index (χ0) is 26.4. The van der Waals surface area contributed by atoms with Crippen LogP contribution in [0.1, 0.15) is 61.9 Å². The van der Waals surface area contributed by atoms with E-state index in [1.54, 1.807) is 42.5 Å². The maximum Gasteiger partial charge on any atom is 0.336 e. The summed E-state index contributed by atoms with van der Waals surface area (Å²) in [5.74, 6) is -0.839. The molecule has 0 heterocycles. The first-order chi connectivity index (χ1) is 17.8. The summed E-state index contributed by atoms with van der Waals surface area (Å²) in [5.41, 5.74) is 3.10. The molecule has 3 N–H and O–H groups in total. The van der Waals surface area contributed by atoms with E-state index in [0.29, 0.717) is 34.2 Å². The highest BCUT2D eigenvalue weighted by Gasteiger charge is 2.27. The van der Waals surface area contributed by atoms with E-state index >= 15 is 0 Å². The van der Waals surface area contributed by atoms with Crippen LogP contribution >= 0.6 is 0 Å². The van der Waals surface area contributed by atoms with E-state index in [1.807, 2.05) is 18.2 Å². The zero-order valence-corrected chi connectivity index (χ0v) is 21.5. The number of benzene rings is 3. The van der Waals surface area contributed by atoms with Gasteiger partial charge < -0.3 is 15.7 Å². The number of hydrogen-bond donors (Lipinski definition) is 3. The van der Waals surface area contributed by atoms with E-state index in [0.717, 1.165) is 5.69 Å². The number of nitrogens with one attached hydrogen (secondary N) is 2. The Morgan fingerprint density at radius 1 is 0.946 bits per heavy atom. The molecule has 1 aliphatic carbocycles. The average molecular weight is 503 g/mol. The molecule has 3 aromatic carbocycles. The molecule has 4 rings (SSSR count). The Hall–Kier alpha value is -3.67. The molecule has 1 atom stereocenters. The minimum atomic E-state index is -1.01. The summed E-state index contributed by atoms with van der Waals surface area (Å²) in [6.07, 6.45) is 5.98. The molecular weight excluding hydrogens is 467 g/mol. The predicted octanol–water partition coefficient (Wildman–Crippen LogP) is 7.39. The third-order valence-electron chi connectivity index (χ3n) is 7.27. The predicted molar refractivity (Wildman–Crippen MR) is 146 cm³/mol. The van der Waals surface area contributed by atoms with Gasteiger partial charge in [0.05, 0.1) is 23.4 Å². The molecular formula is C31H35FN2O3. The van der Waals surface area contributed by atoms with Crippen molar-refractivity contribution in [1.29, 1.82) is 0 Å².